The van der Waals surface area contributed by atoms with E-state index in [1.807, 2.05) is 6.92 Å². The number of rotatable bonds is 4. The normalized spacial score (nSPS) is 10.3. The van der Waals surface area contributed by atoms with Crippen molar-refractivity contribution in [1.82, 2.24) is 20.1 Å². The van der Waals surface area contributed by atoms with Gasteiger partial charge in [-0.2, -0.15) is 5.10 Å². The molecular weight excluding hydrogens is 324 g/mol. The Morgan fingerprint density at radius 1 is 1.40 bits per heavy atom. The van der Waals surface area contributed by atoms with Gasteiger partial charge in [0, 0.05) is 29.5 Å². The number of aromatic nitrogens is 3. The smallest absolute Gasteiger partial charge is 0.266 e. The lowest BCUT2D eigenvalue weighted by atomic mass is 10.3. The van der Waals surface area contributed by atoms with E-state index in [1.54, 1.807) is 18.3 Å². The Bertz CT molecular complexity index is 684. The van der Waals surface area contributed by atoms with Gasteiger partial charge in [0.25, 0.3) is 11.5 Å². The van der Waals surface area contributed by atoms with Crippen LogP contribution in [0.1, 0.15) is 16.1 Å². The average Bonchev–Trinajstić information content (AvgIpc) is 2.42. The molecule has 0 radical (unpaired) electrons. The monoisotopic (exact) mass is 336 g/mol. The summed E-state index contributed by atoms with van der Waals surface area (Å²) in [5.41, 5.74) is 1.03. The number of nitrogens with one attached hydrogen (secondary N) is 1. The van der Waals surface area contributed by atoms with Crippen LogP contribution in [-0.4, -0.2) is 27.2 Å². The van der Waals surface area contributed by atoms with Crippen LogP contribution in [0.25, 0.3) is 0 Å². The van der Waals surface area contributed by atoms with Crippen molar-refractivity contribution in [1.29, 1.82) is 0 Å². The Balaban J connectivity index is 1.94. The highest BCUT2D eigenvalue weighted by Crippen LogP contribution is 2.09. The second-order valence-corrected chi connectivity index (χ2v) is 5.10. The highest BCUT2D eigenvalue weighted by atomic mass is 79.9. The van der Waals surface area contributed by atoms with Gasteiger partial charge in [0.05, 0.1) is 17.8 Å². The second-order valence-electron chi connectivity index (χ2n) is 4.18. The van der Waals surface area contributed by atoms with E-state index in [2.05, 4.69) is 31.3 Å². The van der Waals surface area contributed by atoms with Gasteiger partial charge >= 0.3 is 0 Å². The van der Waals surface area contributed by atoms with Crippen molar-refractivity contribution < 1.29 is 4.79 Å². The lowest BCUT2D eigenvalue weighted by molar-refractivity contribution is 0.0951. The Labute approximate surface area is 124 Å². The largest absolute Gasteiger partial charge is 0.350 e. The van der Waals surface area contributed by atoms with Crippen LogP contribution in [0, 0.1) is 6.92 Å². The van der Waals surface area contributed by atoms with Crippen LogP contribution in [0.2, 0.25) is 0 Å². The van der Waals surface area contributed by atoms with E-state index < -0.39 is 0 Å². The first kappa shape index (κ1) is 14.4. The lowest BCUT2D eigenvalue weighted by Crippen LogP contribution is -2.32. The summed E-state index contributed by atoms with van der Waals surface area (Å²) >= 11 is 3.25. The first-order valence-corrected chi connectivity index (χ1v) is 6.79. The summed E-state index contributed by atoms with van der Waals surface area (Å²) in [6.45, 7) is 2.46. The fourth-order valence-electron chi connectivity index (χ4n) is 1.62. The van der Waals surface area contributed by atoms with Gasteiger partial charge < -0.3 is 5.32 Å². The minimum atomic E-state index is -0.237. The molecule has 2 aromatic heterocycles. The van der Waals surface area contributed by atoms with E-state index in [1.165, 1.54) is 16.9 Å². The van der Waals surface area contributed by atoms with Crippen molar-refractivity contribution in [2.75, 3.05) is 6.54 Å². The topological polar surface area (TPSA) is 76.9 Å². The molecule has 1 N–H and O–H groups in total. The van der Waals surface area contributed by atoms with Crippen molar-refractivity contribution in [3.63, 3.8) is 0 Å². The number of nitrogens with zero attached hydrogens (tertiary/aromatic N) is 3. The van der Waals surface area contributed by atoms with E-state index in [4.69, 9.17) is 0 Å². The zero-order valence-corrected chi connectivity index (χ0v) is 12.4. The molecule has 0 aliphatic rings. The minimum absolute atomic E-state index is 0.186. The molecule has 6 nitrogen and oxygen atoms in total. The zero-order chi connectivity index (χ0) is 14.5. The van der Waals surface area contributed by atoms with Gasteiger partial charge in [-0.1, -0.05) is 0 Å². The summed E-state index contributed by atoms with van der Waals surface area (Å²) in [5, 5.41) is 6.81. The molecule has 2 aromatic rings. The molecule has 0 saturated heterocycles. The van der Waals surface area contributed by atoms with Gasteiger partial charge in [-0.05, 0) is 35.0 Å². The standard InChI is InChI=1S/C13H13BrN4O2/c1-9-2-3-12(19)18(17-9)5-4-16-13(20)10-6-11(14)8-15-7-10/h2-3,6-8H,4-5H2,1H3,(H,16,20). The molecule has 0 aliphatic heterocycles. The fraction of sp³-hybridized carbons (Fsp3) is 0.231. The van der Waals surface area contributed by atoms with Gasteiger partial charge in [-0.25, -0.2) is 4.68 Å². The third-order valence-corrected chi connectivity index (χ3v) is 3.01. The van der Waals surface area contributed by atoms with Crippen LogP contribution in [0.5, 0.6) is 0 Å². The van der Waals surface area contributed by atoms with Gasteiger partial charge in [0.1, 0.15) is 0 Å². The van der Waals surface area contributed by atoms with Gasteiger partial charge in [-0.15, -0.1) is 0 Å². The van der Waals surface area contributed by atoms with Crippen LogP contribution in [0.4, 0.5) is 0 Å². The molecule has 0 bridgehead atoms. The molecule has 0 aliphatic carbocycles. The highest BCUT2D eigenvalue weighted by Gasteiger charge is 2.06. The number of hydrogen-bond acceptors (Lipinski definition) is 4. The molecule has 20 heavy (non-hydrogen) atoms. The number of pyridine rings is 1. The fourth-order valence-corrected chi connectivity index (χ4v) is 1.99. The first-order valence-electron chi connectivity index (χ1n) is 6.00. The Morgan fingerprint density at radius 2 is 2.20 bits per heavy atom. The molecule has 0 aromatic carbocycles. The van der Waals surface area contributed by atoms with Crippen LogP contribution in [0.3, 0.4) is 0 Å². The Kier molecular flexibility index (Phi) is 4.62. The molecule has 0 fully saturated rings. The van der Waals surface area contributed by atoms with Crippen LogP contribution >= 0.6 is 15.9 Å². The highest BCUT2D eigenvalue weighted by molar-refractivity contribution is 9.10. The zero-order valence-electron chi connectivity index (χ0n) is 10.8. The summed E-state index contributed by atoms with van der Waals surface area (Å²) < 4.78 is 2.07. The molecular formula is C13H13BrN4O2. The average molecular weight is 337 g/mol. The predicted molar refractivity (Wildman–Crippen MR) is 77.5 cm³/mol. The third-order valence-electron chi connectivity index (χ3n) is 2.58. The predicted octanol–water partition coefficient (Wildman–Crippen LogP) is 1.14. The number of halogens is 1. The second kappa shape index (κ2) is 6.42. The quantitative estimate of drug-likeness (QED) is 0.908. The minimum Gasteiger partial charge on any atom is -0.350 e. The summed E-state index contributed by atoms with van der Waals surface area (Å²) in [6.07, 6.45) is 3.09. The van der Waals surface area contributed by atoms with Crippen molar-refractivity contribution in [3.8, 4) is 0 Å². The molecule has 2 heterocycles. The number of amides is 1. The van der Waals surface area contributed by atoms with Crippen molar-refractivity contribution in [3.05, 3.63) is 56.7 Å². The molecule has 7 heteroatoms. The number of aryl methyl sites for hydroxylation is 1. The van der Waals surface area contributed by atoms with Gasteiger partial charge in [0.2, 0.25) is 0 Å². The van der Waals surface area contributed by atoms with Crippen molar-refractivity contribution in [2.45, 2.75) is 13.5 Å². The van der Waals surface area contributed by atoms with E-state index in [0.29, 0.717) is 18.7 Å². The third kappa shape index (κ3) is 3.74. The molecule has 0 spiro atoms. The number of carbonyl (C=O) groups is 1. The lowest BCUT2D eigenvalue weighted by Gasteiger charge is -2.07. The summed E-state index contributed by atoms with van der Waals surface area (Å²) in [6, 6.07) is 4.80. The molecule has 1 amide bonds. The Hall–Kier alpha value is -2.02. The SMILES string of the molecule is Cc1ccc(=O)n(CCNC(=O)c2cncc(Br)c2)n1. The van der Waals surface area contributed by atoms with Gasteiger partial charge in [-0.3, -0.25) is 14.6 Å². The summed E-state index contributed by atoms with van der Waals surface area (Å²) in [5.74, 6) is -0.237. The van der Waals surface area contributed by atoms with Crippen molar-refractivity contribution >= 4 is 21.8 Å². The molecule has 2 rings (SSSR count). The van der Waals surface area contributed by atoms with E-state index >= 15 is 0 Å². The maximum absolute atomic E-state index is 11.9. The molecule has 104 valence electrons. The molecule has 0 unspecified atom stereocenters. The van der Waals surface area contributed by atoms with Gasteiger partial charge in [0.15, 0.2) is 0 Å². The maximum Gasteiger partial charge on any atom is 0.266 e. The maximum atomic E-state index is 11.9. The van der Waals surface area contributed by atoms with E-state index in [9.17, 15) is 9.59 Å². The molecule has 0 saturated carbocycles. The Morgan fingerprint density at radius 3 is 2.95 bits per heavy atom. The first-order chi connectivity index (χ1) is 9.56. The van der Waals surface area contributed by atoms with Crippen LogP contribution in [0.15, 0.2) is 39.9 Å². The summed E-state index contributed by atoms with van der Waals surface area (Å²) in [4.78, 5) is 27.3. The summed E-state index contributed by atoms with van der Waals surface area (Å²) in [7, 11) is 0. The van der Waals surface area contributed by atoms with E-state index in [0.717, 1.165) is 10.2 Å². The van der Waals surface area contributed by atoms with Crippen LogP contribution < -0.4 is 10.9 Å². The van der Waals surface area contributed by atoms with Crippen molar-refractivity contribution in [2.24, 2.45) is 0 Å². The number of hydrogen-bond donors (Lipinski definition) is 1. The van der Waals surface area contributed by atoms with E-state index in [-0.39, 0.29) is 11.5 Å². The van der Waals surface area contributed by atoms with Crippen LogP contribution in [-0.2, 0) is 6.54 Å². The number of carbonyl (C=O) groups excluding carboxylic acids is 1. The molecule has 0 atom stereocenters.